The van der Waals surface area contributed by atoms with Gasteiger partial charge in [-0.1, -0.05) is 42.5 Å². The highest BCUT2D eigenvalue weighted by molar-refractivity contribution is 6.20. The van der Waals surface area contributed by atoms with E-state index >= 15 is 0 Å². The first kappa shape index (κ1) is 22.4. The lowest BCUT2D eigenvalue weighted by Gasteiger charge is -2.00. The molecule has 3 aromatic rings. The molecule has 2 heterocycles. The summed E-state index contributed by atoms with van der Waals surface area (Å²) >= 11 is 0. The first-order valence-electron chi connectivity index (χ1n) is 10.7. The van der Waals surface area contributed by atoms with E-state index in [-0.39, 0.29) is 5.57 Å². The molecule has 0 radical (unpaired) electrons. The van der Waals surface area contributed by atoms with Gasteiger partial charge in [0.15, 0.2) is 0 Å². The number of anilines is 1. The Morgan fingerprint density at radius 1 is 0.861 bits per heavy atom. The molecule has 0 spiro atoms. The molecule has 0 bridgehead atoms. The molecular formula is C28H16N2O6. The normalized spacial score (nSPS) is 14.4. The van der Waals surface area contributed by atoms with Crippen LogP contribution in [0.3, 0.4) is 0 Å². The van der Waals surface area contributed by atoms with Gasteiger partial charge in [-0.3, -0.25) is 0 Å². The van der Waals surface area contributed by atoms with Crippen molar-refractivity contribution in [2.75, 3.05) is 5.73 Å². The van der Waals surface area contributed by atoms with E-state index in [0.717, 1.165) is 5.56 Å². The van der Waals surface area contributed by atoms with E-state index in [0.29, 0.717) is 49.9 Å². The summed E-state index contributed by atoms with van der Waals surface area (Å²) in [7, 11) is 0. The van der Waals surface area contributed by atoms with Crippen LogP contribution in [0.4, 0.5) is 5.69 Å². The fourth-order valence-electron chi connectivity index (χ4n) is 3.93. The summed E-state index contributed by atoms with van der Waals surface area (Å²) < 4.78 is 10.9. The molecule has 36 heavy (non-hydrogen) atoms. The summed E-state index contributed by atoms with van der Waals surface area (Å²) in [6.07, 6.45) is 4.57. The summed E-state index contributed by atoms with van der Waals surface area (Å²) in [5.41, 5.74) is 8.54. The zero-order chi connectivity index (χ0) is 25.4. The lowest BCUT2D eigenvalue weighted by molar-refractivity contribution is -0.132. The summed E-state index contributed by atoms with van der Waals surface area (Å²) in [6.45, 7) is 0. The number of hydrogen-bond acceptors (Lipinski definition) is 7. The summed E-state index contributed by atoms with van der Waals surface area (Å²) in [5.74, 6) is -1.68. The average Bonchev–Trinajstić information content (AvgIpc) is 3.34. The number of carboxylic acid groups (broad SMARTS) is 1. The van der Waals surface area contributed by atoms with Gasteiger partial charge in [-0.15, -0.1) is 0 Å². The number of nitrogen functional groups attached to an aromatic ring is 1. The lowest BCUT2D eigenvalue weighted by atomic mass is 10.0. The Bertz CT molecular complexity index is 1690. The molecule has 3 N–H and O–H groups in total. The number of carboxylic acids is 1. The van der Waals surface area contributed by atoms with Crippen LogP contribution in [-0.2, 0) is 14.4 Å². The van der Waals surface area contributed by atoms with Crippen LogP contribution in [-0.4, -0.2) is 23.0 Å². The number of nitrogens with zero attached hydrogens (tertiary/aromatic N) is 1. The summed E-state index contributed by atoms with van der Waals surface area (Å²) in [6, 6.07) is 18.5. The van der Waals surface area contributed by atoms with Crippen LogP contribution in [0.2, 0.25) is 0 Å². The summed E-state index contributed by atoms with van der Waals surface area (Å²) in [4.78, 5) is 36.1. The maximum absolute atomic E-state index is 12.6. The van der Waals surface area contributed by atoms with Crippen molar-refractivity contribution in [1.29, 1.82) is 5.26 Å². The standard InChI is InChI=1S/C28H16N2O6/c29-14-18(26(31)32)11-16-3-1-15(2-4-16)5-10-20-21-12-24-22(13-23(21)35-27(20)33)25(28(34)36-24)17-6-8-19(30)9-7-17/h1-13H,30H2,(H,31,32)/b10-5+,18-11+. The van der Waals surface area contributed by atoms with Crippen molar-refractivity contribution in [2.45, 2.75) is 0 Å². The van der Waals surface area contributed by atoms with Crippen LogP contribution in [0.1, 0.15) is 16.7 Å². The number of ether oxygens (including phenoxy) is 2. The van der Waals surface area contributed by atoms with Crippen LogP contribution >= 0.6 is 0 Å². The second-order valence-electron chi connectivity index (χ2n) is 8.01. The Morgan fingerprint density at radius 2 is 1.47 bits per heavy atom. The van der Waals surface area contributed by atoms with Gasteiger partial charge in [-0.2, -0.15) is 5.26 Å². The zero-order valence-corrected chi connectivity index (χ0v) is 18.5. The van der Waals surface area contributed by atoms with Gasteiger partial charge in [0, 0.05) is 16.1 Å². The highest BCUT2D eigenvalue weighted by atomic mass is 16.5. The highest BCUT2D eigenvalue weighted by Crippen LogP contribution is 2.26. The molecule has 0 saturated carbocycles. The molecule has 0 saturated heterocycles. The number of esters is 2. The smallest absolute Gasteiger partial charge is 0.346 e. The molecular weight excluding hydrogens is 460 g/mol. The fraction of sp³-hybridized carbons (Fsp3) is 0. The van der Waals surface area contributed by atoms with E-state index in [9.17, 15) is 14.4 Å². The highest BCUT2D eigenvalue weighted by Gasteiger charge is 2.29. The van der Waals surface area contributed by atoms with Crippen LogP contribution in [0, 0.1) is 11.3 Å². The molecule has 3 aromatic carbocycles. The molecule has 0 atom stereocenters. The number of fused-ring (bicyclic) bond motifs is 2. The molecule has 174 valence electrons. The molecule has 0 aromatic heterocycles. The first-order chi connectivity index (χ1) is 17.3. The van der Waals surface area contributed by atoms with Crippen molar-refractivity contribution < 1.29 is 29.0 Å². The SMILES string of the molecule is N#C/C(=C\c1ccc(/C=C/C2=c3cc4c(cc3OC2=O)=C(c2ccc(N)cc2)C(=O)O4)cc1)C(=O)O. The second-order valence-corrected chi connectivity index (χ2v) is 8.01. The van der Waals surface area contributed by atoms with Crippen molar-refractivity contribution in [3.8, 4) is 17.6 Å². The predicted octanol–water partition coefficient (Wildman–Crippen LogP) is 2.16. The molecule has 5 rings (SSSR count). The Labute approximate surface area is 204 Å². The number of rotatable bonds is 5. The molecule has 2 aliphatic rings. The average molecular weight is 476 g/mol. The molecule has 8 heteroatoms. The number of carbonyl (C=O) groups excluding carboxylic acids is 2. The van der Waals surface area contributed by atoms with E-state index in [1.165, 1.54) is 6.08 Å². The van der Waals surface area contributed by atoms with Gasteiger partial charge in [0.1, 0.15) is 23.1 Å². The predicted molar refractivity (Wildman–Crippen MR) is 130 cm³/mol. The van der Waals surface area contributed by atoms with Crippen LogP contribution in [0.5, 0.6) is 11.5 Å². The van der Waals surface area contributed by atoms with E-state index in [1.54, 1.807) is 78.9 Å². The van der Waals surface area contributed by atoms with E-state index in [4.69, 9.17) is 25.6 Å². The van der Waals surface area contributed by atoms with E-state index in [2.05, 4.69) is 0 Å². The van der Waals surface area contributed by atoms with Gasteiger partial charge < -0.3 is 20.3 Å². The Morgan fingerprint density at radius 3 is 2.14 bits per heavy atom. The molecule has 0 fully saturated rings. The molecule has 2 aliphatic heterocycles. The minimum absolute atomic E-state index is 0.298. The van der Waals surface area contributed by atoms with Crippen LogP contribution in [0.15, 0.2) is 72.3 Å². The molecule has 0 aliphatic carbocycles. The third kappa shape index (κ3) is 4.02. The van der Waals surface area contributed by atoms with E-state index in [1.807, 2.05) is 0 Å². The Balaban J connectivity index is 1.51. The van der Waals surface area contributed by atoms with E-state index < -0.39 is 17.9 Å². The van der Waals surface area contributed by atoms with Gasteiger partial charge in [0.25, 0.3) is 0 Å². The fourth-order valence-corrected chi connectivity index (χ4v) is 3.93. The van der Waals surface area contributed by atoms with Crippen LogP contribution < -0.4 is 25.6 Å². The Hall–Kier alpha value is -5.42. The van der Waals surface area contributed by atoms with Crippen molar-refractivity contribution >= 4 is 46.9 Å². The number of carbonyl (C=O) groups is 3. The van der Waals surface area contributed by atoms with Gasteiger partial charge in [-0.25, -0.2) is 14.4 Å². The minimum atomic E-state index is -1.30. The van der Waals surface area contributed by atoms with Gasteiger partial charge >= 0.3 is 17.9 Å². The molecule has 0 amide bonds. The van der Waals surface area contributed by atoms with Crippen molar-refractivity contribution in [3.05, 3.63) is 99.4 Å². The maximum atomic E-state index is 12.6. The minimum Gasteiger partial charge on any atom is -0.477 e. The summed E-state index contributed by atoms with van der Waals surface area (Å²) in [5, 5.41) is 18.9. The number of benzene rings is 3. The second kappa shape index (κ2) is 8.74. The number of nitrogens with two attached hydrogens (primary N) is 1. The quantitative estimate of drug-likeness (QED) is 0.188. The first-order valence-corrected chi connectivity index (χ1v) is 10.7. The Kier molecular flexibility index (Phi) is 5.43. The third-order valence-corrected chi connectivity index (χ3v) is 5.71. The maximum Gasteiger partial charge on any atom is 0.346 e. The largest absolute Gasteiger partial charge is 0.477 e. The van der Waals surface area contributed by atoms with Crippen molar-refractivity contribution in [1.82, 2.24) is 0 Å². The van der Waals surface area contributed by atoms with Gasteiger partial charge in [0.05, 0.1) is 11.1 Å². The van der Waals surface area contributed by atoms with Gasteiger partial charge in [-0.05, 0) is 53.1 Å². The molecule has 8 nitrogen and oxygen atoms in total. The monoisotopic (exact) mass is 476 g/mol. The number of aliphatic carboxylic acids is 1. The third-order valence-electron chi connectivity index (χ3n) is 5.71. The van der Waals surface area contributed by atoms with Gasteiger partial charge in [0.2, 0.25) is 0 Å². The van der Waals surface area contributed by atoms with Crippen molar-refractivity contribution in [3.63, 3.8) is 0 Å². The van der Waals surface area contributed by atoms with Crippen molar-refractivity contribution in [2.24, 2.45) is 0 Å². The lowest BCUT2D eigenvalue weighted by Crippen LogP contribution is -2.10. The molecule has 0 unspecified atom stereocenters. The van der Waals surface area contributed by atoms with Crippen LogP contribution in [0.25, 0.3) is 23.3 Å². The topological polar surface area (TPSA) is 140 Å². The number of nitriles is 1. The number of hydrogen-bond donors (Lipinski definition) is 2. The zero-order valence-electron chi connectivity index (χ0n) is 18.5.